The van der Waals surface area contributed by atoms with E-state index in [9.17, 15) is 20.4 Å². The molecular formula is C33H32O8. The summed E-state index contributed by atoms with van der Waals surface area (Å²) in [4.78, 5) is 0. The fraction of sp³-hybridized carbons (Fsp3) is 0.273. The molecule has 6 rings (SSSR count). The molecule has 8 heteroatoms. The molecule has 8 nitrogen and oxygen atoms in total. The predicted molar refractivity (Wildman–Crippen MR) is 152 cm³/mol. The Morgan fingerprint density at radius 1 is 0.488 bits per heavy atom. The van der Waals surface area contributed by atoms with Crippen LogP contribution in [0.3, 0.4) is 0 Å². The van der Waals surface area contributed by atoms with Crippen molar-refractivity contribution in [1.82, 2.24) is 0 Å². The maximum atomic E-state index is 11.0. The van der Waals surface area contributed by atoms with Gasteiger partial charge in [0.1, 0.15) is 23.0 Å². The van der Waals surface area contributed by atoms with E-state index in [4.69, 9.17) is 18.9 Å². The molecular weight excluding hydrogens is 524 g/mol. The number of aromatic hydroxyl groups is 4. The number of benzene rings is 4. The summed E-state index contributed by atoms with van der Waals surface area (Å²) in [6.07, 6.45) is 1.20. The second kappa shape index (κ2) is 10.0. The number of hydrogen-bond donors (Lipinski definition) is 4. The SMILES string of the molecule is Cc1cc(Cc2cc(C)c(O)c(Cc3cc4c(cc3O)OCO4)c2C)c(C)c(Cc2cc3c(cc2O)OCO3)c1O. The Bertz CT molecular complexity index is 1580. The van der Waals surface area contributed by atoms with Gasteiger partial charge in [-0.1, -0.05) is 12.1 Å². The molecule has 0 saturated carbocycles. The Kier molecular flexibility index (Phi) is 6.49. The van der Waals surface area contributed by atoms with Crippen molar-refractivity contribution in [2.24, 2.45) is 0 Å². The molecule has 0 saturated heterocycles. The first-order chi connectivity index (χ1) is 19.6. The highest BCUT2D eigenvalue weighted by Crippen LogP contribution is 2.42. The highest BCUT2D eigenvalue weighted by Gasteiger charge is 2.23. The summed E-state index contributed by atoms with van der Waals surface area (Å²) in [5.74, 6) is 2.69. The number of hydrogen-bond acceptors (Lipinski definition) is 8. The third-order valence-electron chi connectivity index (χ3n) is 8.23. The minimum atomic E-state index is 0.0810. The first-order valence-corrected chi connectivity index (χ1v) is 13.5. The second-order valence-corrected chi connectivity index (χ2v) is 10.8. The number of rotatable bonds is 6. The molecule has 4 aromatic carbocycles. The lowest BCUT2D eigenvalue weighted by atomic mass is 9.86. The van der Waals surface area contributed by atoms with Gasteiger partial charge in [-0.15, -0.1) is 0 Å². The summed E-state index contributed by atoms with van der Waals surface area (Å²) in [6.45, 7) is 7.90. The molecule has 2 aliphatic heterocycles. The van der Waals surface area contributed by atoms with E-state index in [-0.39, 0.29) is 36.6 Å². The van der Waals surface area contributed by atoms with Gasteiger partial charge < -0.3 is 39.4 Å². The van der Waals surface area contributed by atoms with Gasteiger partial charge in [0, 0.05) is 47.2 Å². The molecule has 4 N–H and O–H groups in total. The predicted octanol–water partition coefficient (Wildman–Crippen LogP) is 5.97. The first kappa shape index (κ1) is 26.5. The van der Waals surface area contributed by atoms with Crippen LogP contribution in [0.5, 0.6) is 46.0 Å². The van der Waals surface area contributed by atoms with E-state index in [2.05, 4.69) is 0 Å². The zero-order valence-corrected chi connectivity index (χ0v) is 23.4. The molecule has 41 heavy (non-hydrogen) atoms. The Morgan fingerprint density at radius 2 is 0.854 bits per heavy atom. The number of phenolic OH excluding ortho intramolecular Hbond substituents is 4. The molecule has 2 aliphatic rings. The fourth-order valence-electron chi connectivity index (χ4n) is 5.71. The van der Waals surface area contributed by atoms with Gasteiger partial charge in [0.15, 0.2) is 23.0 Å². The summed E-state index contributed by atoms with van der Waals surface area (Å²) in [6, 6.07) is 10.6. The highest BCUT2D eigenvalue weighted by atomic mass is 16.7. The lowest BCUT2D eigenvalue weighted by molar-refractivity contribution is 0.173. The Morgan fingerprint density at radius 3 is 1.24 bits per heavy atom. The van der Waals surface area contributed by atoms with E-state index < -0.39 is 0 Å². The van der Waals surface area contributed by atoms with Crippen molar-refractivity contribution in [3.05, 3.63) is 92.0 Å². The van der Waals surface area contributed by atoms with E-state index in [1.165, 1.54) is 0 Å². The normalized spacial score (nSPS) is 13.2. The molecule has 0 bridgehead atoms. The van der Waals surface area contributed by atoms with Crippen molar-refractivity contribution >= 4 is 0 Å². The minimum Gasteiger partial charge on any atom is -0.508 e. The zero-order valence-electron chi connectivity index (χ0n) is 23.4. The van der Waals surface area contributed by atoms with E-state index in [1.807, 2.05) is 39.8 Å². The van der Waals surface area contributed by atoms with Crippen LogP contribution in [-0.2, 0) is 19.3 Å². The summed E-state index contributed by atoms with van der Waals surface area (Å²) in [5.41, 5.74) is 8.09. The number of aryl methyl sites for hydroxylation is 2. The smallest absolute Gasteiger partial charge is 0.231 e. The number of fused-ring (bicyclic) bond motifs is 2. The highest BCUT2D eigenvalue weighted by molar-refractivity contribution is 5.59. The Balaban J connectivity index is 1.35. The first-order valence-electron chi connectivity index (χ1n) is 13.5. The quantitative estimate of drug-likeness (QED) is 0.229. The van der Waals surface area contributed by atoms with Gasteiger partial charge in [-0.2, -0.15) is 0 Å². The lowest BCUT2D eigenvalue weighted by Crippen LogP contribution is -2.05. The topological polar surface area (TPSA) is 118 Å². The van der Waals surface area contributed by atoms with Crippen LogP contribution in [0.1, 0.15) is 55.6 Å². The van der Waals surface area contributed by atoms with Gasteiger partial charge in [0.25, 0.3) is 0 Å². The van der Waals surface area contributed by atoms with Gasteiger partial charge in [0.05, 0.1) is 0 Å². The lowest BCUT2D eigenvalue weighted by Gasteiger charge is -2.20. The van der Waals surface area contributed by atoms with Crippen LogP contribution < -0.4 is 18.9 Å². The van der Waals surface area contributed by atoms with Crippen LogP contribution in [0.15, 0.2) is 36.4 Å². The van der Waals surface area contributed by atoms with E-state index in [0.29, 0.717) is 53.4 Å². The summed E-state index contributed by atoms with van der Waals surface area (Å²) >= 11 is 0. The average molecular weight is 557 g/mol. The fourth-order valence-corrected chi connectivity index (χ4v) is 5.71. The van der Waals surface area contributed by atoms with Gasteiger partial charge in [-0.25, -0.2) is 0 Å². The van der Waals surface area contributed by atoms with Crippen LogP contribution >= 0.6 is 0 Å². The molecule has 212 valence electrons. The Labute approximate surface area is 238 Å². The maximum absolute atomic E-state index is 11.0. The van der Waals surface area contributed by atoms with Crippen molar-refractivity contribution in [1.29, 1.82) is 0 Å². The third kappa shape index (κ3) is 4.69. The molecule has 2 heterocycles. The Hall–Kier alpha value is -4.72. The minimum absolute atomic E-state index is 0.0810. The van der Waals surface area contributed by atoms with E-state index >= 15 is 0 Å². The zero-order chi connectivity index (χ0) is 29.0. The van der Waals surface area contributed by atoms with Crippen LogP contribution in [0, 0.1) is 27.7 Å². The van der Waals surface area contributed by atoms with Crippen molar-refractivity contribution in [2.75, 3.05) is 13.6 Å². The maximum Gasteiger partial charge on any atom is 0.231 e. The number of phenols is 4. The van der Waals surface area contributed by atoms with Crippen LogP contribution in [0.4, 0.5) is 0 Å². The molecule has 4 aromatic rings. The van der Waals surface area contributed by atoms with Gasteiger partial charge in [-0.05, 0) is 79.6 Å². The summed E-state index contributed by atoms with van der Waals surface area (Å²) in [7, 11) is 0. The summed E-state index contributed by atoms with van der Waals surface area (Å²) < 4.78 is 21.7. The van der Waals surface area contributed by atoms with Gasteiger partial charge in [-0.3, -0.25) is 0 Å². The number of ether oxygens (including phenoxy) is 4. The largest absolute Gasteiger partial charge is 0.508 e. The summed E-state index contributed by atoms with van der Waals surface area (Å²) in [5, 5.41) is 43.3. The monoisotopic (exact) mass is 556 g/mol. The van der Waals surface area contributed by atoms with Crippen LogP contribution in [-0.4, -0.2) is 34.0 Å². The van der Waals surface area contributed by atoms with E-state index in [1.54, 1.807) is 24.3 Å². The average Bonchev–Trinajstić information content (AvgIpc) is 3.59. The van der Waals surface area contributed by atoms with Gasteiger partial charge >= 0.3 is 0 Å². The molecule has 0 atom stereocenters. The molecule has 0 fully saturated rings. The molecule has 0 amide bonds. The van der Waals surface area contributed by atoms with Crippen molar-refractivity contribution in [3.63, 3.8) is 0 Å². The molecule has 0 radical (unpaired) electrons. The van der Waals surface area contributed by atoms with E-state index in [0.717, 1.165) is 44.5 Å². The standard InChI is InChI=1S/C33H32O8/c1-16-5-20(18(3)24(32(16)36)8-22-10-28-30(12-26(22)34)40-14-38-28)7-21-6-17(2)33(37)25(19(21)4)9-23-11-29-31(13-27(23)35)41-15-39-29/h5-6,10-13,34-37H,7-9,14-15H2,1-4H3. The van der Waals surface area contributed by atoms with Crippen molar-refractivity contribution < 1.29 is 39.4 Å². The third-order valence-corrected chi connectivity index (χ3v) is 8.23. The molecule has 0 aromatic heterocycles. The van der Waals surface area contributed by atoms with Crippen LogP contribution in [0.25, 0.3) is 0 Å². The molecule has 0 spiro atoms. The molecule has 0 unspecified atom stereocenters. The van der Waals surface area contributed by atoms with Crippen molar-refractivity contribution in [3.8, 4) is 46.0 Å². The molecule has 0 aliphatic carbocycles. The second-order valence-electron chi connectivity index (χ2n) is 10.8. The van der Waals surface area contributed by atoms with Crippen LogP contribution in [0.2, 0.25) is 0 Å². The van der Waals surface area contributed by atoms with Gasteiger partial charge in [0.2, 0.25) is 13.6 Å². The van der Waals surface area contributed by atoms with Crippen molar-refractivity contribution in [2.45, 2.75) is 47.0 Å².